The molecule has 2 aromatic rings. The maximum atomic E-state index is 13.3. The molecule has 4 rings (SSSR count). The second-order valence-electron chi connectivity index (χ2n) is 6.85. The van der Waals surface area contributed by atoms with Crippen LogP contribution in [0.4, 0.5) is 14.6 Å². The van der Waals surface area contributed by atoms with E-state index in [0.29, 0.717) is 37.6 Å². The van der Waals surface area contributed by atoms with E-state index in [-0.39, 0.29) is 18.5 Å². The third-order valence-corrected chi connectivity index (χ3v) is 6.21. The first-order valence-corrected chi connectivity index (χ1v) is 10.5. The Bertz CT molecular complexity index is 1090. The number of fused-ring (bicyclic) bond motifs is 3. The number of sulfonamides is 1. The van der Waals surface area contributed by atoms with Crippen molar-refractivity contribution in [2.45, 2.75) is 19.2 Å². The zero-order valence-electron chi connectivity index (χ0n) is 15.0. The van der Waals surface area contributed by atoms with E-state index < -0.39 is 27.3 Å². The average Bonchev–Trinajstić information content (AvgIpc) is 3.01. The summed E-state index contributed by atoms with van der Waals surface area (Å²) < 4.78 is 58.3. The van der Waals surface area contributed by atoms with Gasteiger partial charge in [0.2, 0.25) is 15.9 Å². The Morgan fingerprint density at radius 3 is 2.68 bits per heavy atom. The van der Waals surface area contributed by atoms with E-state index >= 15 is 0 Å². The molecular formula is C17H18F2N4O4S. The number of nitrogens with zero attached hydrogens (tertiary/aromatic N) is 4. The van der Waals surface area contributed by atoms with Crippen LogP contribution in [-0.4, -0.2) is 54.2 Å². The van der Waals surface area contributed by atoms with Crippen molar-refractivity contribution in [3.63, 3.8) is 0 Å². The molecule has 28 heavy (non-hydrogen) atoms. The highest BCUT2D eigenvalue weighted by Gasteiger charge is 2.38. The van der Waals surface area contributed by atoms with Crippen molar-refractivity contribution in [3.05, 3.63) is 51.9 Å². The van der Waals surface area contributed by atoms with Crippen molar-refractivity contribution in [1.29, 1.82) is 0 Å². The van der Waals surface area contributed by atoms with Gasteiger partial charge in [-0.1, -0.05) is 6.07 Å². The monoisotopic (exact) mass is 412 g/mol. The summed E-state index contributed by atoms with van der Waals surface area (Å²) >= 11 is 0. The molecule has 0 radical (unpaired) electrons. The number of hydrogen-bond donors (Lipinski definition) is 0. The molecule has 1 fully saturated rings. The molecule has 1 aromatic heterocycles. The number of piperazine rings is 1. The van der Waals surface area contributed by atoms with Gasteiger partial charge in [-0.3, -0.25) is 4.57 Å². The number of benzene rings is 1. The van der Waals surface area contributed by atoms with Gasteiger partial charge in [-0.15, -0.1) is 0 Å². The van der Waals surface area contributed by atoms with Gasteiger partial charge in [-0.2, -0.15) is 9.29 Å². The van der Waals surface area contributed by atoms with Gasteiger partial charge >= 0.3 is 5.69 Å². The molecule has 2 aliphatic rings. The smallest absolute Gasteiger partial charge is 0.352 e. The van der Waals surface area contributed by atoms with Crippen LogP contribution in [0.3, 0.4) is 0 Å². The van der Waals surface area contributed by atoms with E-state index in [4.69, 9.17) is 4.74 Å². The second-order valence-corrected chi connectivity index (χ2v) is 8.83. The molecule has 0 amide bonds. The van der Waals surface area contributed by atoms with Crippen LogP contribution in [0.2, 0.25) is 0 Å². The predicted molar refractivity (Wildman–Crippen MR) is 96.7 cm³/mol. The summed E-state index contributed by atoms with van der Waals surface area (Å²) in [6.45, 7) is 1.35. The predicted octanol–water partition coefficient (Wildman–Crippen LogP) is 0.564. The summed E-state index contributed by atoms with van der Waals surface area (Å²) in [5.74, 6) is -1.24. The highest BCUT2D eigenvalue weighted by atomic mass is 32.2. The van der Waals surface area contributed by atoms with Gasteiger partial charge in [0.05, 0.1) is 18.8 Å². The molecule has 11 heteroatoms. The summed E-state index contributed by atoms with van der Waals surface area (Å²) in [5, 5.41) is 0. The maximum absolute atomic E-state index is 13.3. The summed E-state index contributed by atoms with van der Waals surface area (Å²) in [6.07, 6.45) is 1.17. The van der Waals surface area contributed by atoms with E-state index in [2.05, 4.69) is 4.98 Å². The van der Waals surface area contributed by atoms with Crippen molar-refractivity contribution in [2.75, 3.05) is 30.8 Å². The highest BCUT2D eigenvalue weighted by molar-refractivity contribution is 7.88. The molecule has 0 N–H and O–H groups in total. The number of aromatic nitrogens is 2. The molecule has 1 atom stereocenters. The number of rotatable bonds is 4. The molecule has 0 bridgehead atoms. The molecule has 0 aliphatic carbocycles. The van der Waals surface area contributed by atoms with E-state index in [1.807, 2.05) is 4.90 Å². The van der Waals surface area contributed by atoms with Gasteiger partial charge in [0.15, 0.2) is 11.6 Å². The minimum atomic E-state index is -3.29. The van der Waals surface area contributed by atoms with Gasteiger partial charge in [-0.05, 0) is 17.7 Å². The molecule has 1 unspecified atom stereocenters. The minimum Gasteiger partial charge on any atom is -0.473 e. The average molecular weight is 412 g/mol. The Balaban J connectivity index is 1.53. The number of ether oxygens (including phenoxy) is 1. The van der Waals surface area contributed by atoms with Crippen molar-refractivity contribution in [1.82, 2.24) is 13.9 Å². The van der Waals surface area contributed by atoms with Crippen molar-refractivity contribution < 1.29 is 21.9 Å². The summed E-state index contributed by atoms with van der Waals surface area (Å²) in [7, 11) is -3.29. The Labute approximate surface area is 160 Å². The van der Waals surface area contributed by atoms with E-state index in [9.17, 15) is 22.0 Å². The number of halogens is 2. The standard InChI is InChI=1S/C17H18F2N4O4S/c1-28(25,26)21-4-5-22-12(8-21)9-23-16(22)7-15(20-17(23)24)27-10-11-2-3-13(18)14(19)6-11/h2-3,6-7,12H,4-5,8-10H2,1H3. The van der Waals surface area contributed by atoms with Crippen LogP contribution in [0.1, 0.15) is 5.56 Å². The fourth-order valence-corrected chi connectivity index (χ4v) is 4.40. The quantitative estimate of drug-likeness (QED) is 0.730. The molecule has 2 aliphatic heterocycles. The van der Waals surface area contributed by atoms with Crippen LogP contribution < -0.4 is 15.3 Å². The molecule has 3 heterocycles. The highest BCUT2D eigenvalue weighted by Crippen LogP contribution is 2.29. The summed E-state index contributed by atoms with van der Waals surface area (Å²) in [6, 6.07) is 4.87. The van der Waals surface area contributed by atoms with Crippen LogP contribution >= 0.6 is 0 Å². The minimum absolute atomic E-state index is 0.0711. The van der Waals surface area contributed by atoms with Crippen LogP contribution in [0.15, 0.2) is 29.1 Å². The number of anilines is 1. The third kappa shape index (κ3) is 3.47. The lowest BCUT2D eigenvalue weighted by atomic mass is 10.2. The molecule has 8 nitrogen and oxygen atoms in total. The molecule has 150 valence electrons. The number of hydrogen-bond acceptors (Lipinski definition) is 6. The maximum Gasteiger partial charge on any atom is 0.352 e. The summed E-state index contributed by atoms with van der Waals surface area (Å²) in [4.78, 5) is 18.2. The van der Waals surface area contributed by atoms with E-state index in [0.717, 1.165) is 12.1 Å². The zero-order valence-corrected chi connectivity index (χ0v) is 15.8. The van der Waals surface area contributed by atoms with E-state index in [1.165, 1.54) is 21.2 Å². The fourth-order valence-electron chi connectivity index (χ4n) is 3.54. The molecule has 0 spiro atoms. The first-order chi connectivity index (χ1) is 13.2. The molecular weight excluding hydrogens is 394 g/mol. The Morgan fingerprint density at radius 1 is 1.18 bits per heavy atom. The van der Waals surface area contributed by atoms with Gasteiger partial charge in [0.25, 0.3) is 0 Å². The first-order valence-electron chi connectivity index (χ1n) is 8.63. The second kappa shape index (κ2) is 6.82. The summed E-state index contributed by atoms with van der Waals surface area (Å²) in [5.41, 5.74) is -0.0981. The fraction of sp³-hybridized carbons (Fsp3) is 0.412. The van der Waals surface area contributed by atoms with Gasteiger partial charge < -0.3 is 9.64 Å². The normalized spacial score (nSPS) is 19.4. The lowest BCUT2D eigenvalue weighted by molar-refractivity contribution is 0.290. The van der Waals surface area contributed by atoms with Gasteiger partial charge in [-0.25, -0.2) is 22.0 Å². The van der Waals surface area contributed by atoms with Crippen LogP contribution in [-0.2, 0) is 23.2 Å². The van der Waals surface area contributed by atoms with Crippen LogP contribution in [0, 0.1) is 11.6 Å². The lowest BCUT2D eigenvalue weighted by Gasteiger charge is -2.36. The largest absolute Gasteiger partial charge is 0.473 e. The van der Waals surface area contributed by atoms with Crippen molar-refractivity contribution in [3.8, 4) is 5.88 Å². The molecule has 1 saturated heterocycles. The topological polar surface area (TPSA) is 84.7 Å². The van der Waals surface area contributed by atoms with E-state index in [1.54, 1.807) is 6.07 Å². The Kier molecular flexibility index (Phi) is 4.58. The zero-order chi connectivity index (χ0) is 20.1. The Hall–Kier alpha value is -2.53. The van der Waals surface area contributed by atoms with Crippen molar-refractivity contribution >= 4 is 15.8 Å². The molecule has 0 saturated carbocycles. The van der Waals surface area contributed by atoms with Crippen molar-refractivity contribution in [2.24, 2.45) is 0 Å². The first kappa shape index (κ1) is 18.8. The van der Waals surface area contributed by atoms with Gasteiger partial charge in [0.1, 0.15) is 12.4 Å². The molecule has 1 aromatic carbocycles. The lowest BCUT2D eigenvalue weighted by Crippen LogP contribution is -2.53. The van der Waals surface area contributed by atoms with Crippen LogP contribution in [0.25, 0.3) is 0 Å². The van der Waals surface area contributed by atoms with Crippen LogP contribution in [0.5, 0.6) is 5.88 Å². The SMILES string of the molecule is CS(=O)(=O)N1CCN2c3cc(OCc4ccc(F)c(F)c4)nc(=O)n3CC2C1. The Morgan fingerprint density at radius 2 is 1.96 bits per heavy atom. The van der Waals surface area contributed by atoms with Gasteiger partial charge in [0, 0.05) is 25.7 Å². The third-order valence-electron chi connectivity index (χ3n) is 4.94.